The number of carbonyl (C=O) groups excluding carboxylic acids is 1. The van der Waals surface area contributed by atoms with Gasteiger partial charge in [0.25, 0.3) is 5.91 Å². The third kappa shape index (κ3) is 3.43. The van der Waals surface area contributed by atoms with Crippen LogP contribution in [-0.2, 0) is 0 Å². The Morgan fingerprint density at radius 3 is 2.81 bits per heavy atom. The van der Waals surface area contributed by atoms with Crippen molar-refractivity contribution in [2.24, 2.45) is 0 Å². The number of nitrogens with zero attached hydrogens (tertiary/aromatic N) is 3. The van der Waals surface area contributed by atoms with E-state index >= 15 is 0 Å². The van der Waals surface area contributed by atoms with Crippen LogP contribution in [-0.4, -0.2) is 50.7 Å². The van der Waals surface area contributed by atoms with Crippen molar-refractivity contribution in [3.63, 3.8) is 0 Å². The van der Waals surface area contributed by atoms with Gasteiger partial charge >= 0.3 is 0 Å². The van der Waals surface area contributed by atoms with Crippen LogP contribution in [0.15, 0.2) is 61.2 Å². The molecule has 0 spiro atoms. The SMILES string of the molecule is COc1ccccc1-c1c[nH]c2ncc(-c3cncc(C(=O)N4CCCC4O)c3)cc12. The number of para-hydroxylation sites is 1. The van der Waals surface area contributed by atoms with Crippen LogP contribution in [0.3, 0.4) is 0 Å². The number of rotatable bonds is 4. The largest absolute Gasteiger partial charge is 0.496 e. The fraction of sp³-hybridized carbons (Fsp3) is 0.208. The second-order valence-corrected chi connectivity index (χ2v) is 7.61. The lowest BCUT2D eigenvalue weighted by atomic mass is 10.0. The molecule has 1 aliphatic rings. The van der Waals surface area contributed by atoms with Crippen molar-refractivity contribution in [1.82, 2.24) is 19.9 Å². The van der Waals surface area contributed by atoms with E-state index in [1.807, 2.05) is 36.5 Å². The number of aromatic amines is 1. The molecule has 1 aliphatic heterocycles. The van der Waals surface area contributed by atoms with Crippen molar-refractivity contribution in [3.8, 4) is 28.0 Å². The number of aliphatic hydroxyl groups is 1. The van der Waals surface area contributed by atoms with Gasteiger partial charge in [0, 0.05) is 59.0 Å². The van der Waals surface area contributed by atoms with Crippen LogP contribution in [0.5, 0.6) is 5.75 Å². The lowest BCUT2D eigenvalue weighted by molar-refractivity contribution is 0.0293. The van der Waals surface area contributed by atoms with E-state index in [2.05, 4.69) is 15.0 Å². The van der Waals surface area contributed by atoms with Crippen LogP contribution in [0.4, 0.5) is 0 Å². The number of H-pyrrole nitrogens is 1. The molecule has 1 aromatic carbocycles. The van der Waals surface area contributed by atoms with Crippen LogP contribution in [0.2, 0.25) is 0 Å². The normalized spacial score (nSPS) is 16.1. The van der Waals surface area contributed by atoms with Gasteiger partial charge in [0.2, 0.25) is 0 Å². The van der Waals surface area contributed by atoms with Gasteiger partial charge in [-0.3, -0.25) is 9.78 Å². The Labute approximate surface area is 179 Å². The maximum atomic E-state index is 12.8. The number of amides is 1. The molecule has 0 saturated carbocycles. The van der Waals surface area contributed by atoms with E-state index in [1.165, 1.54) is 4.90 Å². The first kappa shape index (κ1) is 19.3. The molecule has 7 nitrogen and oxygen atoms in total. The van der Waals surface area contributed by atoms with Gasteiger partial charge in [-0.05, 0) is 31.0 Å². The molecule has 5 rings (SSSR count). The molecule has 3 aromatic heterocycles. The van der Waals surface area contributed by atoms with Crippen molar-refractivity contribution in [3.05, 3.63) is 66.7 Å². The summed E-state index contributed by atoms with van der Waals surface area (Å²) in [6.45, 7) is 0.559. The lowest BCUT2D eigenvalue weighted by Gasteiger charge is -2.20. The highest BCUT2D eigenvalue weighted by Gasteiger charge is 2.28. The van der Waals surface area contributed by atoms with Crippen LogP contribution in [0, 0.1) is 0 Å². The summed E-state index contributed by atoms with van der Waals surface area (Å²) in [6, 6.07) is 11.7. The number of benzene rings is 1. The topological polar surface area (TPSA) is 91.3 Å². The first-order valence-electron chi connectivity index (χ1n) is 10.2. The number of likely N-dealkylation sites (tertiary alicyclic amines) is 1. The van der Waals surface area contributed by atoms with Crippen LogP contribution < -0.4 is 4.74 Å². The van der Waals surface area contributed by atoms with Gasteiger partial charge in [0.05, 0.1) is 12.7 Å². The number of ether oxygens (including phenoxy) is 1. The fourth-order valence-corrected chi connectivity index (χ4v) is 4.12. The predicted molar refractivity (Wildman–Crippen MR) is 118 cm³/mol. The number of hydrogen-bond acceptors (Lipinski definition) is 5. The quantitative estimate of drug-likeness (QED) is 0.529. The highest BCUT2D eigenvalue weighted by Crippen LogP contribution is 2.36. The first-order chi connectivity index (χ1) is 15.2. The Morgan fingerprint density at radius 2 is 2.00 bits per heavy atom. The Bertz CT molecular complexity index is 1270. The van der Waals surface area contributed by atoms with Crippen molar-refractivity contribution >= 4 is 16.9 Å². The summed E-state index contributed by atoms with van der Waals surface area (Å²) < 4.78 is 5.53. The molecule has 1 fully saturated rings. The van der Waals surface area contributed by atoms with E-state index < -0.39 is 6.23 Å². The fourth-order valence-electron chi connectivity index (χ4n) is 4.12. The summed E-state index contributed by atoms with van der Waals surface area (Å²) in [5.41, 5.74) is 4.83. The number of aromatic nitrogens is 3. The zero-order valence-corrected chi connectivity index (χ0v) is 17.1. The van der Waals surface area contributed by atoms with Gasteiger partial charge in [-0.15, -0.1) is 0 Å². The van der Waals surface area contributed by atoms with E-state index in [-0.39, 0.29) is 5.91 Å². The van der Waals surface area contributed by atoms with Crippen molar-refractivity contribution in [2.45, 2.75) is 19.1 Å². The molecule has 0 bridgehead atoms. The van der Waals surface area contributed by atoms with Crippen molar-refractivity contribution < 1.29 is 14.6 Å². The van der Waals surface area contributed by atoms with Crippen LogP contribution in [0.25, 0.3) is 33.3 Å². The highest BCUT2D eigenvalue weighted by atomic mass is 16.5. The molecule has 1 unspecified atom stereocenters. The summed E-state index contributed by atoms with van der Waals surface area (Å²) in [7, 11) is 1.66. The average Bonchev–Trinajstić information content (AvgIpc) is 3.44. The van der Waals surface area contributed by atoms with Gasteiger partial charge in [0.15, 0.2) is 0 Å². The lowest BCUT2D eigenvalue weighted by Crippen LogP contribution is -2.35. The van der Waals surface area contributed by atoms with E-state index in [0.717, 1.165) is 45.5 Å². The molecule has 31 heavy (non-hydrogen) atoms. The third-order valence-corrected chi connectivity index (χ3v) is 5.73. The van der Waals surface area contributed by atoms with Crippen LogP contribution >= 0.6 is 0 Å². The minimum Gasteiger partial charge on any atom is -0.496 e. The van der Waals surface area contributed by atoms with E-state index in [4.69, 9.17) is 4.74 Å². The summed E-state index contributed by atoms with van der Waals surface area (Å²) >= 11 is 0. The van der Waals surface area contributed by atoms with Crippen molar-refractivity contribution in [2.75, 3.05) is 13.7 Å². The van der Waals surface area contributed by atoms with Crippen molar-refractivity contribution in [1.29, 1.82) is 0 Å². The number of nitrogens with one attached hydrogen (secondary N) is 1. The molecule has 0 aliphatic carbocycles. The molecule has 4 aromatic rings. The number of methoxy groups -OCH3 is 1. The Balaban J connectivity index is 1.55. The second-order valence-electron chi connectivity index (χ2n) is 7.61. The smallest absolute Gasteiger partial charge is 0.257 e. The summed E-state index contributed by atoms with van der Waals surface area (Å²) in [4.78, 5) is 26.4. The Morgan fingerprint density at radius 1 is 1.16 bits per heavy atom. The average molecular weight is 414 g/mol. The minimum absolute atomic E-state index is 0.204. The molecule has 2 N–H and O–H groups in total. The summed E-state index contributed by atoms with van der Waals surface area (Å²) in [6.07, 6.45) is 7.64. The molecule has 1 saturated heterocycles. The Kier molecular flexibility index (Phi) is 4.88. The number of hydrogen-bond donors (Lipinski definition) is 2. The first-order valence-corrected chi connectivity index (χ1v) is 10.2. The zero-order chi connectivity index (χ0) is 21.4. The minimum atomic E-state index is -0.725. The molecular formula is C24H22N4O3. The maximum Gasteiger partial charge on any atom is 0.257 e. The molecule has 7 heteroatoms. The third-order valence-electron chi connectivity index (χ3n) is 5.73. The number of fused-ring (bicyclic) bond motifs is 1. The predicted octanol–water partition coefficient (Wildman–Crippen LogP) is 3.85. The van der Waals surface area contributed by atoms with Gasteiger partial charge < -0.3 is 19.7 Å². The molecule has 156 valence electrons. The number of pyridine rings is 2. The monoisotopic (exact) mass is 414 g/mol. The molecular weight excluding hydrogens is 392 g/mol. The second kappa shape index (κ2) is 7.85. The molecule has 4 heterocycles. The van der Waals surface area contributed by atoms with Gasteiger partial charge in [-0.2, -0.15) is 0 Å². The van der Waals surface area contributed by atoms with E-state index in [1.54, 1.807) is 31.8 Å². The maximum absolute atomic E-state index is 12.8. The molecule has 1 atom stereocenters. The Hall–Kier alpha value is -3.71. The van der Waals surface area contributed by atoms with Gasteiger partial charge in [-0.1, -0.05) is 18.2 Å². The summed E-state index contributed by atoms with van der Waals surface area (Å²) in [5.74, 6) is 0.581. The molecule has 0 radical (unpaired) electrons. The van der Waals surface area contributed by atoms with Gasteiger partial charge in [0.1, 0.15) is 17.6 Å². The van der Waals surface area contributed by atoms with Gasteiger partial charge in [-0.25, -0.2) is 4.98 Å². The number of aliphatic hydroxyl groups excluding tert-OH is 1. The zero-order valence-electron chi connectivity index (χ0n) is 17.1. The molecule has 1 amide bonds. The number of carbonyl (C=O) groups is 1. The van der Waals surface area contributed by atoms with Crippen LogP contribution in [0.1, 0.15) is 23.2 Å². The summed E-state index contributed by atoms with van der Waals surface area (Å²) in [5, 5.41) is 11.0. The highest BCUT2D eigenvalue weighted by molar-refractivity contribution is 5.98. The van der Waals surface area contributed by atoms with E-state index in [0.29, 0.717) is 18.5 Å². The van der Waals surface area contributed by atoms with E-state index in [9.17, 15) is 9.90 Å². The standard InChI is InChI=1S/C24H22N4O3/c1-31-21-6-3-2-5-18(21)20-14-27-23-19(20)10-16(13-26-23)15-9-17(12-25-11-15)24(30)28-8-4-7-22(28)29/h2-3,5-6,9-14,22,29H,4,7-8H2,1H3,(H,26,27).